The van der Waals surface area contributed by atoms with Gasteiger partial charge in [-0.25, -0.2) is 0 Å². The number of piperazine rings is 1. The Labute approximate surface area is 188 Å². The molecule has 2 aliphatic rings. The van der Waals surface area contributed by atoms with E-state index in [-0.39, 0.29) is 30.8 Å². The van der Waals surface area contributed by atoms with E-state index in [9.17, 15) is 28.1 Å². The normalized spacial score (nSPS) is 17.3. The number of carbonyl (C=O) groups excluding carboxylic acids is 1. The van der Waals surface area contributed by atoms with Crippen molar-refractivity contribution in [3.8, 4) is 5.75 Å². The van der Waals surface area contributed by atoms with Gasteiger partial charge in [-0.3, -0.25) is 14.9 Å². The standard InChI is InChI=1S/C23H24F3N3O4/c24-23(25,26)17-7-10-20(21(15-17)29(31)32)27-11-13-28(14-12-27)22(30)16-5-8-19(9-6-16)33-18-3-1-2-4-18/h5-10,15,18H,1-4,11-14H2. The molecular formula is C23H24F3N3O4. The molecule has 176 valence electrons. The third-order valence-corrected chi connectivity index (χ3v) is 6.11. The third kappa shape index (κ3) is 5.20. The Morgan fingerprint density at radius 2 is 1.64 bits per heavy atom. The van der Waals surface area contributed by atoms with Crippen molar-refractivity contribution in [1.29, 1.82) is 0 Å². The number of anilines is 1. The SMILES string of the molecule is O=C(c1ccc(OC2CCCC2)cc1)N1CCN(c2ccc(C(F)(F)F)cc2[N+](=O)[O-])CC1. The lowest BCUT2D eigenvalue weighted by molar-refractivity contribution is -0.384. The average Bonchev–Trinajstić information content (AvgIpc) is 3.31. The molecule has 0 N–H and O–H groups in total. The molecule has 0 bridgehead atoms. The Bertz CT molecular complexity index is 1010. The molecule has 0 aromatic heterocycles. The average molecular weight is 463 g/mol. The number of ether oxygens (including phenoxy) is 1. The molecular weight excluding hydrogens is 439 g/mol. The van der Waals surface area contributed by atoms with E-state index in [2.05, 4.69) is 0 Å². The summed E-state index contributed by atoms with van der Waals surface area (Å²) in [6.07, 6.45) is -0.00378. The molecule has 2 aromatic carbocycles. The molecule has 0 spiro atoms. The Hall–Kier alpha value is -3.30. The third-order valence-electron chi connectivity index (χ3n) is 6.11. The van der Waals surface area contributed by atoms with Gasteiger partial charge in [0.05, 0.1) is 16.6 Å². The lowest BCUT2D eigenvalue weighted by Gasteiger charge is -2.36. The quantitative estimate of drug-likeness (QED) is 0.466. The fraction of sp³-hybridized carbons (Fsp3) is 0.435. The van der Waals surface area contributed by atoms with Gasteiger partial charge in [-0.05, 0) is 62.1 Å². The summed E-state index contributed by atoms with van der Waals surface area (Å²) in [5.74, 6) is 0.571. The number of halogens is 3. The molecule has 1 saturated heterocycles. The van der Waals surface area contributed by atoms with Crippen LogP contribution in [0, 0.1) is 10.1 Å². The highest BCUT2D eigenvalue weighted by atomic mass is 19.4. The molecule has 0 atom stereocenters. The minimum atomic E-state index is -4.66. The maximum Gasteiger partial charge on any atom is 0.416 e. The molecule has 10 heteroatoms. The van der Waals surface area contributed by atoms with Crippen LogP contribution in [0.1, 0.15) is 41.6 Å². The maximum atomic E-state index is 12.9. The predicted octanol–water partition coefficient (Wildman–Crippen LogP) is 4.90. The molecule has 2 aromatic rings. The van der Waals surface area contributed by atoms with Crippen molar-refractivity contribution in [3.05, 3.63) is 63.7 Å². The zero-order chi connectivity index (χ0) is 23.6. The van der Waals surface area contributed by atoms with Crippen LogP contribution in [0.2, 0.25) is 0 Å². The van der Waals surface area contributed by atoms with Crippen LogP contribution in [-0.4, -0.2) is 48.0 Å². The number of nitro benzene ring substituents is 1. The fourth-order valence-electron chi connectivity index (χ4n) is 4.32. The first kappa shape index (κ1) is 22.9. The molecule has 0 radical (unpaired) electrons. The Balaban J connectivity index is 1.39. The smallest absolute Gasteiger partial charge is 0.416 e. The monoisotopic (exact) mass is 463 g/mol. The van der Waals surface area contributed by atoms with Crippen molar-refractivity contribution < 1.29 is 27.6 Å². The highest BCUT2D eigenvalue weighted by Crippen LogP contribution is 2.37. The number of nitro groups is 1. The molecule has 1 amide bonds. The molecule has 1 saturated carbocycles. The zero-order valence-electron chi connectivity index (χ0n) is 17.9. The Kier molecular flexibility index (Phi) is 6.44. The topological polar surface area (TPSA) is 75.9 Å². The minimum absolute atomic E-state index is 0.119. The van der Waals surface area contributed by atoms with Crippen molar-refractivity contribution in [3.63, 3.8) is 0 Å². The first-order valence-electron chi connectivity index (χ1n) is 10.9. The minimum Gasteiger partial charge on any atom is -0.490 e. The zero-order valence-corrected chi connectivity index (χ0v) is 17.9. The van der Waals surface area contributed by atoms with Gasteiger partial charge in [0.15, 0.2) is 0 Å². The largest absolute Gasteiger partial charge is 0.490 e. The number of benzene rings is 2. The van der Waals surface area contributed by atoms with Crippen molar-refractivity contribution in [1.82, 2.24) is 4.90 Å². The molecule has 33 heavy (non-hydrogen) atoms. The molecule has 7 nitrogen and oxygen atoms in total. The molecule has 0 unspecified atom stereocenters. The van der Waals surface area contributed by atoms with Gasteiger partial charge >= 0.3 is 6.18 Å². The first-order valence-corrected chi connectivity index (χ1v) is 10.9. The van der Waals surface area contributed by atoms with Crippen LogP contribution in [-0.2, 0) is 6.18 Å². The lowest BCUT2D eigenvalue weighted by atomic mass is 10.1. The second-order valence-corrected chi connectivity index (χ2v) is 8.29. The number of hydrogen-bond donors (Lipinski definition) is 0. The van der Waals surface area contributed by atoms with E-state index in [1.807, 2.05) is 0 Å². The molecule has 4 rings (SSSR count). The van der Waals surface area contributed by atoms with Gasteiger partial charge in [-0.15, -0.1) is 0 Å². The Morgan fingerprint density at radius 1 is 1.00 bits per heavy atom. The number of nitrogens with zero attached hydrogens (tertiary/aromatic N) is 3. The van der Waals surface area contributed by atoms with Crippen molar-refractivity contribution >= 4 is 17.3 Å². The highest BCUT2D eigenvalue weighted by molar-refractivity contribution is 5.94. The van der Waals surface area contributed by atoms with E-state index in [1.54, 1.807) is 34.1 Å². The summed E-state index contributed by atoms with van der Waals surface area (Å²) in [4.78, 5) is 26.7. The number of alkyl halides is 3. The second kappa shape index (κ2) is 9.29. The summed E-state index contributed by atoms with van der Waals surface area (Å²) in [5, 5.41) is 11.4. The fourth-order valence-corrected chi connectivity index (χ4v) is 4.32. The van der Waals surface area contributed by atoms with E-state index in [4.69, 9.17) is 4.74 Å². The van der Waals surface area contributed by atoms with Gasteiger partial charge in [0.25, 0.3) is 11.6 Å². The van der Waals surface area contributed by atoms with Gasteiger partial charge in [0, 0.05) is 37.8 Å². The van der Waals surface area contributed by atoms with E-state index >= 15 is 0 Å². The van der Waals surface area contributed by atoms with Crippen LogP contribution in [0.3, 0.4) is 0 Å². The summed E-state index contributed by atoms with van der Waals surface area (Å²) >= 11 is 0. The van der Waals surface area contributed by atoms with Gasteiger partial charge in [-0.1, -0.05) is 0 Å². The number of rotatable bonds is 5. The predicted molar refractivity (Wildman–Crippen MR) is 116 cm³/mol. The number of hydrogen-bond acceptors (Lipinski definition) is 5. The number of carbonyl (C=O) groups is 1. The van der Waals surface area contributed by atoms with E-state index in [0.29, 0.717) is 24.7 Å². The van der Waals surface area contributed by atoms with E-state index in [0.717, 1.165) is 30.7 Å². The van der Waals surface area contributed by atoms with Gasteiger partial charge in [0.2, 0.25) is 0 Å². The highest BCUT2D eigenvalue weighted by Gasteiger charge is 2.34. The van der Waals surface area contributed by atoms with Crippen LogP contribution >= 0.6 is 0 Å². The summed E-state index contributed by atoms with van der Waals surface area (Å²) < 4.78 is 44.8. The van der Waals surface area contributed by atoms with Gasteiger partial charge < -0.3 is 14.5 Å². The van der Waals surface area contributed by atoms with Crippen LogP contribution in [0.4, 0.5) is 24.5 Å². The molecule has 1 heterocycles. The maximum absolute atomic E-state index is 12.9. The van der Waals surface area contributed by atoms with Crippen molar-refractivity contribution in [2.75, 3.05) is 31.1 Å². The van der Waals surface area contributed by atoms with Crippen molar-refractivity contribution in [2.24, 2.45) is 0 Å². The van der Waals surface area contributed by atoms with E-state index in [1.165, 1.54) is 12.8 Å². The summed E-state index contributed by atoms with van der Waals surface area (Å²) in [6, 6.07) is 9.54. The molecule has 1 aliphatic heterocycles. The van der Waals surface area contributed by atoms with Gasteiger partial charge in [0.1, 0.15) is 11.4 Å². The number of amides is 1. The van der Waals surface area contributed by atoms with Crippen molar-refractivity contribution in [2.45, 2.75) is 38.0 Å². The summed E-state index contributed by atoms with van der Waals surface area (Å²) in [7, 11) is 0. The van der Waals surface area contributed by atoms with Gasteiger partial charge in [-0.2, -0.15) is 13.2 Å². The molecule has 2 fully saturated rings. The van der Waals surface area contributed by atoms with Crippen LogP contribution in [0.15, 0.2) is 42.5 Å². The summed E-state index contributed by atoms with van der Waals surface area (Å²) in [5.41, 5.74) is -1.02. The van der Waals surface area contributed by atoms with Crippen LogP contribution < -0.4 is 9.64 Å². The van der Waals surface area contributed by atoms with Crippen LogP contribution in [0.5, 0.6) is 5.75 Å². The van der Waals surface area contributed by atoms with E-state index < -0.39 is 22.4 Å². The lowest BCUT2D eigenvalue weighted by Crippen LogP contribution is -2.49. The first-order chi connectivity index (χ1) is 15.7. The second-order valence-electron chi connectivity index (χ2n) is 8.29. The molecule has 1 aliphatic carbocycles. The van der Waals surface area contributed by atoms with Crippen LogP contribution in [0.25, 0.3) is 0 Å². The summed E-state index contributed by atoms with van der Waals surface area (Å²) in [6.45, 7) is 1.16. The Morgan fingerprint density at radius 3 is 2.21 bits per heavy atom.